The lowest BCUT2D eigenvalue weighted by atomic mass is 9.90. The van der Waals surface area contributed by atoms with Gasteiger partial charge in [-0.3, -0.25) is 9.48 Å². The van der Waals surface area contributed by atoms with E-state index in [1.54, 1.807) is 4.68 Å². The number of nitrogens with zero attached hydrogens (tertiary/aromatic N) is 3. The summed E-state index contributed by atoms with van der Waals surface area (Å²) in [6.07, 6.45) is 4.54. The Labute approximate surface area is 145 Å². The van der Waals surface area contributed by atoms with Crippen molar-refractivity contribution in [2.24, 2.45) is 13.0 Å². The maximum atomic E-state index is 12.6. The largest absolute Gasteiger partial charge is 0.355 e. The Morgan fingerprint density at radius 1 is 1.36 bits per heavy atom. The molecule has 0 radical (unpaired) electrons. The van der Waals surface area contributed by atoms with Crippen molar-refractivity contribution >= 4 is 16.9 Å². The molecule has 7 heteroatoms. The summed E-state index contributed by atoms with van der Waals surface area (Å²) >= 11 is 0. The molecule has 0 aliphatic carbocycles. The summed E-state index contributed by atoms with van der Waals surface area (Å²) < 4.78 is 1.78. The van der Waals surface area contributed by atoms with E-state index in [1.165, 1.54) is 0 Å². The third-order valence-corrected chi connectivity index (χ3v) is 4.80. The molecule has 130 valence electrons. The number of hydrogen-bond acceptors (Lipinski definition) is 4. The quantitative estimate of drug-likeness (QED) is 0.647. The number of aromatic amines is 1. The normalized spacial score (nSPS) is 20.2. The Morgan fingerprint density at radius 3 is 3.04 bits per heavy atom. The van der Waals surface area contributed by atoms with Crippen molar-refractivity contribution < 1.29 is 4.79 Å². The third kappa shape index (κ3) is 3.28. The van der Waals surface area contributed by atoms with Gasteiger partial charge in [0.15, 0.2) is 0 Å². The Hall–Kier alpha value is -2.67. The number of amides is 1. The van der Waals surface area contributed by atoms with Gasteiger partial charge in [0.05, 0.1) is 23.1 Å². The van der Waals surface area contributed by atoms with E-state index in [4.69, 9.17) is 0 Å². The first-order valence-electron chi connectivity index (χ1n) is 8.61. The predicted octanol–water partition coefficient (Wildman–Crippen LogP) is 0.958. The number of H-pyrrole nitrogens is 1. The van der Waals surface area contributed by atoms with Crippen LogP contribution >= 0.6 is 0 Å². The smallest absolute Gasteiger partial charge is 0.225 e. The minimum absolute atomic E-state index is 0.0557. The van der Waals surface area contributed by atoms with Crippen LogP contribution in [0.25, 0.3) is 11.0 Å². The van der Waals surface area contributed by atoms with Crippen LogP contribution in [0.3, 0.4) is 0 Å². The standard InChI is InChI=1S/C18H22N6O/c1-24-11-12(8-21-24)13-9-19-10-14(13)18(25)20-7-6-17-22-15-4-2-3-5-16(15)23-17/h2-5,8,11,13-14,19H,6-7,9-10H2,1H3,(H,20,25)(H,22,23)/t13-,14+/m1/s1. The molecule has 0 saturated carbocycles. The van der Waals surface area contributed by atoms with Gasteiger partial charge in [-0.1, -0.05) is 12.1 Å². The van der Waals surface area contributed by atoms with Crippen molar-refractivity contribution in [3.8, 4) is 0 Å². The number of fused-ring (bicyclic) bond motifs is 1. The summed E-state index contributed by atoms with van der Waals surface area (Å²) in [6.45, 7) is 2.10. The molecule has 3 aromatic rings. The molecule has 25 heavy (non-hydrogen) atoms. The maximum Gasteiger partial charge on any atom is 0.225 e. The van der Waals surface area contributed by atoms with Crippen LogP contribution in [0.15, 0.2) is 36.7 Å². The Bertz CT molecular complexity index is 849. The van der Waals surface area contributed by atoms with E-state index >= 15 is 0 Å². The van der Waals surface area contributed by atoms with Crippen LogP contribution in [0.4, 0.5) is 0 Å². The molecular weight excluding hydrogens is 316 g/mol. The molecule has 1 fully saturated rings. The summed E-state index contributed by atoms with van der Waals surface area (Å²) in [5.74, 6) is 1.12. The van der Waals surface area contributed by atoms with Gasteiger partial charge < -0.3 is 15.6 Å². The molecule has 7 nitrogen and oxygen atoms in total. The van der Waals surface area contributed by atoms with Crippen molar-refractivity contribution in [1.29, 1.82) is 0 Å². The van der Waals surface area contributed by atoms with Crippen LogP contribution in [-0.4, -0.2) is 45.3 Å². The average Bonchev–Trinajstić information content (AvgIpc) is 3.32. The first kappa shape index (κ1) is 15.8. The predicted molar refractivity (Wildman–Crippen MR) is 95.1 cm³/mol. The van der Waals surface area contributed by atoms with Crippen LogP contribution in [0.1, 0.15) is 17.3 Å². The highest BCUT2D eigenvalue weighted by atomic mass is 16.1. The second-order valence-corrected chi connectivity index (χ2v) is 6.56. The Morgan fingerprint density at radius 2 is 2.24 bits per heavy atom. The van der Waals surface area contributed by atoms with E-state index in [1.807, 2.05) is 43.7 Å². The van der Waals surface area contributed by atoms with Crippen LogP contribution < -0.4 is 10.6 Å². The molecule has 2 aromatic heterocycles. The summed E-state index contributed by atoms with van der Waals surface area (Å²) in [5.41, 5.74) is 3.10. The van der Waals surface area contributed by atoms with Gasteiger partial charge in [0, 0.05) is 45.2 Å². The number of carbonyl (C=O) groups excluding carboxylic acids is 1. The number of imidazole rings is 1. The number of aromatic nitrogens is 4. The monoisotopic (exact) mass is 338 g/mol. The number of benzene rings is 1. The fraction of sp³-hybridized carbons (Fsp3) is 0.389. The molecule has 1 amide bonds. The number of hydrogen-bond donors (Lipinski definition) is 3. The molecule has 1 saturated heterocycles. The lowest BCUT2D eigenvalue weighted by Gasteiger charge is -2.16. The number of para-hydroxylation sites is 2. The molecular formula is C18H22N6O. The zero-order valence-corrected chi connectivity index (χ0v) is 14.2. The zero-order chi connectivity index (χ0) is 17.2. The topological polar surface area (TPSA) is 87.6 Å². The summed E-state index contributed by atoms with van der Waals surface area (Å²) in [5, 5.41) is 10.6. The first-order chi connectivity index (χ1) is 12.2. The van der Waals surface area contributed by atoms with E-state index in [9.17, 15) is 4.79 Å². The van der Waals surface area contributed by atoms with Gasteiger partial charge in [-0.05, 0) is 17.7 Å². The molecule has 2 atom stereocenters. The molecule has 0 unspecified atom stereocenters. The van der Waals surface area contributed by atoms with Gasteiger partial charge in [-0.15, -0.1) is 0 Å². The molecule has 1 aromatic carbocycles. The van der Waals surface area contributed by atoms with Crippen molar-refractivity contribution in [2.75, 3.05) is 19.6 Å². The zero-order valence-electron chi connectivity index (χ0n) is 14.2. The average molecular weight is 338 g/mol. The third-order valence-electron chi connectivity index (χ3n) is 4.80. The van der Waals surface area contributed by atoms with Crippen LogP contribution in [0, 0.1) is 5.92 Å². The van der Waals surface area contributed by atoms with E-state index in [0.717, 1.165) is 29.0 Å². The van der Waals surface area contributed by atoms with E-state index in [0.29, 0.717) is 19.5 Å². The second-order valence-electron chi connectivity index (χ2n) is 6.56. The second kappa shape index (κ2) is 6.68. The van der Waals surface area contributed by atoms with E-state index in [-0.39, 0.29) is 17.7 Å². The minimum atomic E-state index is -0.0557. The summed E-state index contributed by atoms with van der Waals surface area (Å²) in [6, 6.07) is 7.95. The molecule has 0 spiro atoms. The number of aryl methyl sites for hydroxylation is 1. The summed E-state index contributed by atoms with van der Waals surface area (Å²) in [4.78, 5) is 20.4. The SMILES string of the molecule is Cn1cc([C@H]2CNC[C@@H]2C(=O)NCCc2nc3ccccc3[nH]2)cn1. The van der Waals surface area contributed by atoms with Gasteiger partial charge in [0.1, 0.15) is 5.82 Å². The van der Waals surface area contributed by atoms with Crippen molar-refractivity contribution in [1.82, 2.24) is 30.4 Å². The molecule has 4 rings (SSSR count). The molecule has 1 aliphatic rings. The van der Waals surface area contributed by atoms with E-state index < -0.39 is 0 Å². The van der Waals surface area contributed by atoms with Crippen molar-refractivity contribution in [2.45, 2.75) is 12.3 Å². The van der Waals surface area contributed by atoms with Crippen LogP contribution in [0.5, 0.6) is 0 Å². The van der Waals surface area contributed by atoms with Gasteiger partial charge in [0.2, 0.25) is 5.91 Å². The lowest BCUT2D eigenvalue weighted by molar-refractivity contribution is -0.124. The highest BCUT2D eigenvalue weighted by molar-refractivity contribution is 5.80. The molecule has 1 aliphatic heterocycles. The highest BCUT2D eigenvalue weighted by Crippen LogP contribution is 2.27. The summed E-state index contributed by atoms with van der Waals surface area (Å²) in [7, 11) is 1.90. The first-order valence-corrected chi connectivity index (χ1v) is 8.61. The van der Waals surface area contributed by atoms with Gasteiger partial charge in [0.25, 0.3) is 0 Å². The number of nitrogens with one attached hydrogen (secondary N) is 3. The fourth-order valence-corrected chi connectivity index (χ4v) is 3.50. The van der Waals surface area contributed by atoms with Crippen molar-refractivity contribution in [3.05, 3.63) is 48.0 Å². The fourth-order valence-electron chi connectivity index (χ4n) is 3.50. The molecule has 3 N–H and O–H groups in total. The molecule has 0 bridgehead atoms. The maximum absolute atomic E-state index is 12.6. The van der Waals surface area contributed by atoms with Crippen LogP contribution in [-0.2, 0) is 18.3 Å². The highest BCUT2D eigenvalue weighted by Gasteiger charge is 2.34. The number of rotatable bonds is 5. The van der Waals surface area contributed by atoms with Gasteiger partial charge in [-0.2, -0.15) is 5.10 Å². The van der Waals surface area contributed by atoms with Crippen LogP contribution in [0.2, 0.25) is 0 Å². The minimum Gasteiger partial charge on any atom is -0.355 e. The Balaban J connectivity index is 1.35. The van der Waals surface area contributed by atoms with Crippen molar-refractivity contribution in [3.63, 3.8) is 0 Å². The van der Waals surface area contributed by atoms with Gasteiger partial charge >= 0.3 is 0 Å². The Kier molecular flexibility index (Phi) is 4.23. The molecule has 3 heterocycles. The number of carbonyl (C=O) groups is 1. The lowest BCUT2D eigenvalue weighted by Crippen LogP contribution is -2.35. The van der Waals surface area contributed by atoms with Gasteiger partial charge in [-0.25, -0.2) is 4.98 Å². The van der Waals surface area contributed by atoms with E-state index in [2.05, 4.69) is 25.7 Å².